The molecule has 1 aromatic carbocycles. The second kappa shape index (κ2) is 9.15. The van der Waals surface area contributed by atoms with Crippen molar-refractivity contribution in [3.05, 3.63) is 54.0 Å². The summed E-state index contributed by atoms with van der Waals surface area (Å²) in [4.78, 5) is 35.2. The third-order valence-electron chi connectivity index (χ3n) is 3.44. The van der Waals surface area contributed by atoms with Gasteiger partial charge in [0.25, 0.3) is 5.91 Å². The monoisotopic (exact) mass is 409 g/mol. The van der Waals surface area contributed by atoms with Gasteiger partial charge in [0.2, 0.25) is 10.0 Å². The van der Waals surface area contributed by atoms with Crippen molar-refractivity contribution in [3.63, 3.8) is 0 Å². The molecule has 150 valence electrons. The third kappa shape index (κ3) is 5.66. The second-order valence-electron chi connectivity index (χ2n) is 5.70. The molecule has 0 bridgehead atoms. The Morgan fingerprint density at radius 1 is 1.14 bits per heavy atom. The highest BCUT2D eigenvalue weighted by atomic mass is 32.2. The Kier molecular flexibility index (Phi) is 6.90. The lowest BCUT2D eigenvalue weighted by atomic mass is 10.2. The van der Waals surface area contributed by atoms with Gasteiger partial charge in [0.05, 0.1) is 23.3 Å². The number of hydrogen-bond acceptors (Lipinski definition) is 7. The number of hydrogen-bond donors (Lipinski definition) is 2. The molecule has 11 heteroatoms. The van der Waals surface area contributed by atoms with E-state index in [2.05, 4.69) is 5.32 Å². The van der Waals surface area contributed by atoms with Crippen LogP contribution in [-0.4, -0.2) is 51.3 Å². The first-order valence-electron chi connectivity index (χ1n) is 8.00. The van der Waals surface area contributed by atoms with Crippen molar-refractivity contribution in [2.24, 2.45) is 0 Å². The molecule has 2 N–H and O–H groups in total. The Hall–Kier alpha value is -3.18. The van der Waals surface area contributed by atoms with E-state index >= 15 is 0 Å². The van der Waals surface area contributed by atoms with E-state index < -0.39 is 34.5 Å². The van der Waals surface area contributed by atoms with E-state index in [9.17, 15) is 22.8 Å². The highest BCUT2D eigenvalue weighted by molar-refractivity contribution is 7.89. The molecular weight excluding hydrogens is 390 g/mol. The molecule has 0 unspecified atom stereocenters. The van der Waals surface area contributed by atoms with Gasteiger partial charge < -0.3 is 14.5 Å². The average molecular weight is 409 g/mol. The van der Waals surface area contributed by atoms with Crippen molar-refractivity contribution in [1.82, 2.24) is 14.9 Å². The van der Waals surface area contributed by atoms with Crippen molar-refractivity contribution in [2.75, 3.05) is 20.7 Å². The Bertz CT molecular complexity index is 953. The van der Waals surface area contributed by atoms with Crippen LogP contribution in [0, 0.1) is 0 Å². The second-order valence-corrected chi connectivity index (χ2v) is 7.85. The van der Waals surface area contributed by atoms with E-state index in [1.54, 1.807) is 12.1 Å². The molecule has 0 spiro atoms. The topological polar surface area (TPSA) is 135 Å². The number of ether oxygens (including phenoxy) is 1. The molecule has 0 aliphatic rings. The lowest BCUT2D eigenvalue weighted by Gasteiger charge is -2.12. The summed E-state index contributed by atoms with van der Waals surface area (Å²) in [5.41, 5.74) is -0.0435. The molecule has 0 atom stereocenters. The summed E-state index contributed by atoms with van der Waals surface area (Å²) in [6.07, 6.45) is 1.44. The van der Waals surface area contributed by atoms with E-state index in [0.29, 0.717) is 5.76 Å². The molecule has 1 aromatic heterocycles. The molecule has 10 nitrogen and oxygen atoms in total. The van der Waals surface area contributed by atoms with Gasteiger partial charge in [-0.2, -0.15) is 0 Å². The number of urea groups is 1. The fraction of sp³-hybridized carbons (Fsp3) is 0.235. The van der Waals surface area contributed by atoms with Gasteiger partial charge in [0.1, 0.15) is 5.76 Å². The zero-order valence-electron chi connectivity index (χ0n) is 15.2. The highest BCUT2D eigenvalue weighted by Crippen LogP contribution is 2.15. The number of nitrogens with zero attached hydrogens (tertiary/aromatic N) is 1. The van der Waals surface area contributed by atoms with Crippen LogP contribution in [-0.2, 0) is 26.1 Å². The average Bonchev–Trinajstić information content (AvgIpc) is 3.18. The SMILES string of the molecule is CN(C)S(=O)(=O)c1cccc(C(=O)OCC(=O)NC(=O)NCc2ccco2)c1. The minimum Gasteiger partial charge on any atom is -0.467 e. The van der Waals surface area contributed by atoms with Crippen LogP contribution in [0.15, 0.2) is 52.0 Å². The van der Waals surface area contributed by atoms with Gasteiger partial charge in [-0.3, -0.25) is 10.1 Å². The fourth-order valence-electron chi connectivity index (χ4n) is 2.00. The molecule has 0 aliphatic carbocycles. The largest absolute Gasteiger partial charge is 0.467 e. The maximum atomic E-state index is 12.1. The smallest absolute Gasteiger partial charge is 0.338 e. The lowest BCUT2D eigenvalue weighted by Crippen LogP contribution is -2.41. The number of carbonyl (C=O) groups is 3. The predicted molar refractivity (Wildman–Crippen MR) is 96.7 cm³/mol. The molecule has 0 aliphatic heterocycles. The maximum absolute atomic E-state index is 12.1. The van der Waals surface area contributed by atoms with Crippen molar-refractivity contribution in [2.45, 2.75) is 11.4 Å². The highest BCUT2D eigenvalue weighted by Gasteiger charge is 2.19. The Morgan fingerprint density at radius 2 is 1.89 bits per heavy atom. The quantitative estimate of drug-likeness (QED) is 0.643. The minimum atomic E-state index is -3.72. The van der Waals surface area contributed by atoms with Gasteiger partial charge in [-0.15, -0.1) is 0 Å². The summed E-state index contributed by atoms with van der Waals surface area (Å²) in [5, 5.41) is 4.38. The lowest BCUT2D eigenvalue weighted by molar-refractivity contribution is -0.123. The Labute approximate surface area is 161 Å². The number of rotatable bonds is 7. The van der Waals surface area contributed by atoms with Gasteiger partial charge in [0, 0.05) is 14.1 Å². The number of esters is 1. The number of amides is 3. The molecule has 1 heterocycles. The van der Waals surface area contributed by atoms with Crippen LogP contribution in [0.4, 0.5) is 4.79 Å². The molecule has 0 fully saturated rings. The van der Waals surface area contributed by atoms with E-state index in [1.807, 2.05) is 5.32 Å². The molecule has 2 aromatic rings. The summed E-state index contributed by atoms with van der Waals surface area (Å²) < 4.78 is 35.0. The van der Waals surface area contributed by atoms with Gasteiger partial charge >= 0.3 is 12.0 Å². The number of benzene rings is 1. The first-order chi connectivity index (χ1) is 13.2. The zero-order chi connectivity index (χ0) is 20.7. The van der Waals surface area contributed by atoms with Gasteiger partial charge in [0.15, 0.2) is 6.61 Å². The van der Waals surface area contributed by atoms with Crippen molar-refractivity contribution in [3.8, 4) is 0 Å². The predicted octanol–water partition coefficient (Wildman–Crippen LogP) is 0.713. The Balaban J connectivity index is 1.86. The van der Waals surface area contributed by atoms with E-state index in [0.717, 1.165) is 10.4 Å². The van der Waals surface area contributed by atoms with Crippen LogP contribution >= 0.6 is 0 Å². The minimum absolute atomic E-state index is 0.0435. The fourth-order valence-corrected chi connectivity index (χ4v) is 2.94. The van der Waals surface area contributed by atoms with Crippen LogP contribution < -0.4 is 10.6 Å². The van der Waals surface area contributed by atoms with Crippen LogP contribution in [0.3, 0.4) is 0 Å². The molecule has 3 amide bonds. The van der Waals surface area contributed by atoms with E-state index in [1.165, 1.54) is 38.6 Å². The molecule has 2 rings (SSSR count). The van der Waals surface area contributed by atoms with Crippen molar-refractivity contribution >= 4 is 27.9 Å². The molecular formula is C17H19N3O7S. The van der Waals surface area contributed by atoms with Crippen LogP contribution in [0.5, 0.6) is 0 Å². The summed E-state index contributed by atoms with van der Waals surface area (Å²) in [6.45, 7) is -0.628. The van der Waals surface area contributed by atoms with Gasteiger partial charge in [-0.05, 0) is 30.3 Å². The molecule has 28 heavy (non-hydrogen) atoms. The number of imide groups is 1. The number of carbonyl (C=O) groups excluding carboxylic acids is 3. The molecule has 0 radical (unpaired) electrons. The normalized spacial score (nSPS) is 11.1. The maximum Gasteiger partial charge on any atom is 0.338 e. The zero-order valence-corrected chi connectivity index (χ0v) is 16.0. The van der Waals surface area contributed by atoms with Gasteiger partial charge in [-0.1, -0.05) is 6.07 Å². The summed E-state index contributed by atoms with van der Waals surface area (Å²) >= 11 is 0. The number of nitrogens with one attached hydrogen (secondary N) is 2. The van der Waals surface area contributed by atoms with Gasteiger partial charge in [-0.25, -0.2) is 22.3 Å². The van der Waals surface area contributed by atoms with Crippen LogP contribution in [0.2, 0.25) is 0 Å². The summed E-state index contributed by atoms with van der Waals surface area (Å²) in [7, 11) is -0.994. The third-order valence-corrected chi connectivity index (χ3v) is 5.25. The van der Waals surface area contributed by atoms with Crippen LogP contribution in [0.25, 0.3) is 0 Å². The number of sulfonamides is 1. The molecule has 0 saturated carbocycles. The first-order valence-corrected chi connectivity index (χ1v) is 9.44. The number of furan rings is 1. The Morgan fingerprint density at radius 3 is 2.54 bits per heavy atom. The van der Waals surface area contributed by atoms with E-state index in [4.69, 9.17) is 9.15 Å². The van der Waals surface area contributed by atoms with Crippen LogP contribution in [0.1, 0.15) is 16.1 Å². The standard InChI is InChI=1S/C17H19N3O7S/c1-20(2)28(24,25)14-7-3-5-12(9-14)16(22)27-11-15(21)19-17(23)18-10-13-6-4-8-26-13/h3-9H,10-11H2,1-2H3,(H2,18,19,21,23). The molecule has 0 saturated heterocycles. The van der Waals surface area contributed by atoms with Crippen molar-refractivity contribution in [1.29, 1.82) is 0 Å². The van der Waals surface area contributed by atoms with E-state index in [-0.39, 0.29) is 17.0 Å². The summed E-state index contributed by atoms with van der Waals surface area (Å²) in [5.74, 6) is -1.24. The van der Waals surface area contributed by atoms with Crippen molar-refractivity contribution < 1.29 is 32.0 Å². The first kappa shape index (κ1) is 21.1. The summed E-state index contributed by atoms with van der Waals surface area (Å²) in [6, 6.07) is 7.73.